The van der Waals surface area contributed by atoms with Gasteiger partial charge in [0.2, 0.25) is 11.8 Å². The van der Waals surface area contributed by atoms with Crippen molar-refractivity contribution in [2.75, 3.05) is 26.2 Å². The molecule has 27 heavy (non-hydrogen) atoms. The molecule has 0 aromatic heterocycles. The fourth-order valence-corrected chi connectivity index (χ4v) is 3.83. The number of rotatable bonds is 3. The number of nitrogens with one attached hydrogen (secondary N) is 3. The largest absolute Gasteiger partial charge is 0.296 e. The molecule has 9 nitrogen and oxygen atoms in total. The fourth-order valence-electron chi connectivity index (χ4n) is 3.83. The van der Waals surface area contributed by atoms with Crippen LogP contribution in [0, 0.1) is 0 Å². The van der Waals surface area contributed by atoms with E-state index in [0.29, 0.717) is 17.7 Å². The summed E-state index contributed by atoms with van der Waals surface area (Å²) in [4.78, 5) is 52.7. The molecule has 0 aliphatic carbocycles. The Morgan fingerprint density at radius 1 is 1.00 bits per heavy atom. The van der Waals surface area contributed by atoms with Gasteiger partial charge in [-0.15, -0.1) is 0 Å². The molecule has 0 spiro atoms. The molecule has 3 N–H and O–H groups in total. The first kappa shape index (κ1) is 17.8. The fraction of sp³-hybridized carbons (Fsp3) is 0.444. The van der Waals surface area contributed by atoms with Gasteiger partial charge in [0.15, 0.2) is 0 Å². The summed E-state index contributed by atoms with van der Waals surface area (Å²) >= 11 is 0. The molecule has 142 valence electrons. The lowest BCUT2D eigenvalue weighted by molar-refractivity contribution is -0.136. The molecule has 4 rings (SSSR count). The van der Waals surface area contributed by atoms with Gasteiger partial charge in [0, 0.05) is 39.1 Å². The van der Waals surface area contributed by atoms with Gasteiger partial charge in [0.25, 0.3) is 11.8 Å². The number of imide groups is 2. The molecule has 1 unspecified atom stereocenters. The molecule has 2 fully saturated rings. The van der Waals surface area contributed by atoms with Crippen LogP contribution in [0.2, 0.25) is 0 Å². The van der Waals surface area contributed by atoms with Crippen molar-refractivity contribution in [3.63, 3.8) is 0 Å². The van der Waals surface area contributed by atoms with E-state index in [9.17, 15) is 19.2 Å². The standard InChI is InChI=1S/C18H21N5O4/c24-14-5-4-13(16(25)21-14)23-17(26)12-3-1-2-11(15(12)18(23)27)10-22-8-6-19-20-7-9-22/h1-3,13,19-20H,4-10H2,(H,21,24,25). The molecule has 1 atom stereocenters. The molecule has 3 aliphatic rings. The molecule has 0 radical (unpaired) electrons. The SMILES string of the molecule is O=C1CCC(N2C(=O)c3cccc(CN4CCNNCC4)c3C2=O)C(=O)N1. The zero-order valence-electron chi connectivity index (χ0n) is 14.8. The van der Waals surface area contributed by atoms with E-state index in [4.69, 9.17) is 0 Å². The number of benzene rings is 1. The first-order chi connectivity index (χ1) is 13.1. The van der Waals surface area contributed by atoms with Gasteiger partial charge in [-0.2, -0.15) is 0 Å². The van der Waals surface area contributed by atoms with Crippen molar-refractivity contribution in [3.8, 4) is 0 Å². The molecule has 1 aromatic carbocycles. The highest BCUT2D eigenvalue weighted by Crippen LogP contribution is 2.30. The maximum Gasteiger partial charge on any atom is 0.262 e. The molecule has 3 aliphatic heterocycles. The number of carbonyl (C=O) groups excluding carboxylic acids is 4. The number of hydrazine groups is 1. The van der Waals surface area contributed by atoms with Gasteiger partial charge in [0.1, 0.15) is 6.04 Å². The number of hydrogen-bond acceptors (Lipinski definition) is 7. The number of amides is 4. The van der Waals surface area contributed by atoms with Crippen molar-refractivity contribution in [3.05, 3.63) is 34.9 Å². The highest BCUT2D eigenvalue weighted by Gasteiger charge is 2.45. The van der Waals surface area contributed by atoms with Crippen molar-refractivity contribution in [2.45, 2.75) is 25.4 Å². The van der Waals surface area contributed by atoms with Crippen LogP contribution in [-0.4, -0.2) is 65.6 Å². The van der Waals surface area contributed by atoms with Crippen LogP contribution in [0.1, 0.15) is 39.1 Å². The third-order valence-corrected chi connectivity index (χ3v) is 5.18. The van der Waals surface area contributed by atoms with Gasteiger partial charge in [-0.1, -0.05) is 12.1 Å². The maximum atomic E-state index is 13.1. The number of nitrogens with zero attached hydrogens (tertiary/aromatic N) is 2. The van der Waals surface area contributed by atoms with Gasteiger partial charge in [-0.25, -0.2) is 0 Å². The first-order valence-corrected chi connectivity index (χ1v) is 9.08. The third kappa shape index (κ3) is 3.25. The molecule has 0 bridgehead atoms. The van der Waals surface area contributed by atoms with Crippen LogP contribution in [0.4, 0.5) is 0 Å². The highest BCUT2D eigenvalue weighted by molar-refractivity contribution is 6.24. The van der Waals surface area contributed by atoms with Gasteiger partial charge in [-0.05, 0) is 18.1 Å². The van der Waals surface area contributed by atoms with Crippen LogP contribution < -0.4 is 16.2 Å². The molecule has 3 heterocycles. The first-order valence-electron chi connectivity index (χ1n) is 9.08. The number of piperidine rings is 1. The van der Waals surface area contributed by atoms with Crippen LogP contribution in [0.5, 0.6) is 0 Å². The van der Waals surface area contributed by atoms with E-state index in [1.54, 1.807) is 12.1 Å². The van der Waals surface area contributed by atoms with E-state index < -0.39 is 23.8 Å². The maximum absolute atomic E-state index is 13.1. The summed E-state index contributed by atoms with van der Waals surface area (Å²) in [6.45, 7) is 3.74. The predicted octanol–water partition coefficient (Wildman–Crippen LogP) is -1.00. The van der Waals surface area contributed by atoms with Crippen molar-refractivity contribution >= 4 is 23.6 Å². The van der Waals surface area contributed by atoms with Crippen LogP contribution >= 0.6 is 0 Å². The van der Waals surface area contributed by atoms with Crippen molar-refractivity contribution in [2.24, 2.45) is 0 Å². The summed E-state index contributed by atoms with van der Waals surface area (Å²) in [5, 5.41) is 2.22. The highest BCUT2D eigenvalue weighted by atomic mass is 16.2. The van der Waals surface area contributed by atoms with E-state index in [2.05, 4.69) is 21.1 Å². The van der Waals surface area contributed by atoms with Crippen molar-refractivity contribution < 1.29 is 19.2 Å². The van der Waals surface area contributed by atoms with Gasteiger partial charge in [-0.3, -0.25) is 45.1 Å². The van der Waals surface area contributed by atoms with Crippen LogP contribution in [0.25, 0.3) is 0 Å². The predicted molar refractivity (Wildman–Crippen MR) is 94.4 cm³/mol. The minimum atomic E-state index is -0.936. The number of hydrogen-bond donors (Lipinski definition) is 3. The van der Waals surface area contributed by atoms with Gasteiger partial charge in [0.05, 0.1) is 11.1 Å². The molecule has 1 aromatic rings. The van der Waals surface area contributed by atoms with Crippen LogP contribution in [0.15, 0.2) is 18.2 Å². The average Bonchev–Trinajstić information content (AvgIpc) is 2.82. The molecule has 4 amide bonds. The Morgan fingerprint density at radius 3 is 2.44 bits per heavy atom. The van der Waals surface area contributed by atoms with E-state index >= 15 is 0 Å². The Labute approximate surface area is 156 Å². The Kier molecular flexibility index (Phi) is 4.73. The monoisotopic (exact) mass is 371 g/mol. The smallest absolute Gasteiger partial charge is 0.262 e. The summed E-state index contributed by atoms with van der Waals surface area (Å²) in [6.07, 6.45) is 0.277. The minimum absolute atomic E-state index is 0.116. The lowest BCUT2D eigenvalue weighted by Gasteiger charge is -2.28. The second-order valence-corrected chi connectivity index (χ2v) is 6.92. The Morgan fingerprint density at radius 2 is 1.74 bits per heavy atom. The lowest BCUT2D eigenvalue weighted by atomic mass is 10.0. The molecule has 2 saturated heterocycles. The molecular weight excluding hydrogens is 350 g/mol. The normalized spacial score (nSPS) is 24.0. The Hall–Kier alpha value is -2.62. The molecular formula is C18H21N5O4. The summed E-state index contributed by atoms with van der Waals surface area (Å²) in [7, 11) is 0. The van der Waals surface area contributed by atoms with Gasteiger partial charge < -0.3 is 0 Å². The van der Waals surface area contributed by atoms with E-state index in [1.807, 2.05) is 6.07 Å². The molecule has 9 heteroatoms. The number of carbonyl (C=O) groups is 4. The van der Waals surface area contributed by atoms with Crippen molar-refractivity contribution in [1.82, 2.24) is 26.0 Å². The topological polar surface area (TPSA) is 111 Å². The average molecular weight is 371 g/mol. The van der Waals surface area contributed by atoms with Crippen LogP contribution in [-0.2, 0) is 16.1 Å². The minimum Gasteiger partial charge on any atom is -0.296 e. The Bertz CT molecular complexity index is 816. The van der Waals surface area contributed by atoms with Crippen LogP contribution in [0.3, 0.4) is 0 Å². The Balaban J connectivity index is 1.61. The van der Waals surface area contributed by atoms with E-state index in [0.717, 1.165) is 36.6 Å². The summed E-state index contributed by atoms with van der Waals surface area (Å²) in [5.74, 6) is -1.89. The number of fused-ring (bicyclic) bond motifs is 1. The molecule has 0 saturated carbocycles. The summed E-state index contributed by atoms with van der Waals surface area (Å²) < 4.78 is 0. The van der Waals surface area contributed by atoms with Crippen molar-refractivity contribution in [1.29, 1.82) is 0 Å². The second kappa shape index (κ2) is 7.18. The third-order valence-electron chi connectivity index (χ3n) is 5.18. The second-order valence-electron chi connectivity index (χ2n) is 6.92. The lowest BCUT2D eigenvalue weighted by Crippen LogP contribution is -2.54. The van der Waals surface area contributed by atoms with E-state index in [-0.39, 0.29) is 18.7 Å². The summed E-state index contributed by atoms with van der Waals surface area (Å²) in [5.41, 5.74) is 7.67. The zero-order chi connectivity index (χ0) is 19.0. The van der Waals surface area contributed by atoms with Gasteiger partial charge >= 0.3 is 0 Å². The summed E-state index contributed by atoms with van der Waals surface area (Å²) in [6, 6.07) is 4.30. The zero-order valence-corrected chi connectivity index (χ0v) is 14.8. The van der Waals surface area contributed by atoms with E-state index in [1.165, 1.54) is 0 Å². The quantitative estimate of drug-likeness (QED) is 0.585.